The molecule has 0 aromatic heterocycles. The minimum absolute atomic E-state index is 0.188. The third-order valence-corrected chi connectivity index (χ3v) is 6.80. The molecule has 2 aliphatic rings. The number of β-lactam (4-membered cyclic amide) rings is 1. The van der Waals surface area contributed by atoms with Gasteiger partial charge in [0.2, 0.25) is 5.91 Å². The van der Waals surface area contributed by atoms with Crippen molar-refractivity contribution >= 4 is 41.3 Å². The van der Waals surface area contributed by atoms with Crippen LogP contribution >= 0.6 is 23.5 Å². The fourth-order valence-corrected chi connectivity index (χ4v) is 5.31. The number of rotatable bonds is 7. The molecule has 6 nitrogen and oxygen atoms in total. The summed E-state index contributed by atoms with van der Waals surface area (Å²) in [5.41, 5.74) is 1.38. The van der Waals surface area contributed by atoms with Crippen LogP contribution < -0.4 is 5.32 Å². The summed E-state index contributed by atoms with van der Waals surface area (Å²) in [6.07, 6.45) is 1.59. The number of allylic oxidation sites excluding steroid dienone is 1. The summed E-state index contributed by atoms with van der Waals surface area (Å²) in [5, 5.41) is 2.51. The van der Waals surface area contributed by atoms with Crippen molar-refractivity contribution in [3.8, 4) is 0 Å². The second kappa shape index (κ2) is 9.31. The molecule has 0 radical (unpaired) electrons. The predicted molar refractivity (Wildman–Crippen MR) is 121 cm³/mol. The number of amides is 2. The molecule has 2 amide bonds. The molecule has 0 saturated carbocycles. The van der Waals surface area contributed by atoms with E-state index in [0.29, 0.717) is 11.3 Å². The van der Waals surface area contributed by atoms with Crippen molar-refractivity contribution in [2.75, 3.05) is 11.5 Å². The van der Waals surface area contributed by atoms with E-state index in [2.05, 4.69) is 11.9 Å². The van der Waals surface area contributed by atoms with Gasteiger partial charge >= 0.3 is 5.97 Å². The number of nitrogens with zero attached hydrogens (tertiary/aromatic N) is 1. The van der Waals surface area contributed by atoms with Crippen molar-refractivity contribution in [1.82, 2.24) is 10.2 Å². The maximum atomic E-state index is 12.8. The van der Waals surface area contributed by atoms with Crippen molar-refractivity contribution in [3.63, 3.8) is 0 Å². The summed E-state index contributed by atoms with van der Waals surface area (Å²) in [6, 6.07) is 9.27. The number of hydrogen-bond donors (Lipinski definition) is 1. The first-order chi connectivity index (χ1) is 14.2. The Morgan fingerprint density at radius 1 is 1.33 bits per heavy atom. The molecule has 1 aromatic rings. The molecule has 2 heterocycles. The standard InChI is InChI=1S/C22H26N2O4S2/c1-5-15-12-30-20-17(19(26)24(20)18(15)21(27)28-22(2,3)4)23-16(25)13-29-11-14-9-7-6-8-10-14/h5-10,17,20H,1,11-13H2,2-4H3,(H,23,25)/t17-,20+/m1/s1. The number of thioether (sulfide) groups is 2. The minimum atomic E-state index is -0.673. The minimum Gasteiger partial charge on any atom is -0.455 e. The van der Waals surface area contributed by atoms with Gasteiger partial charge < -0.3 is 10.1 Å². The Balaban J connectivity index is 1.60. The highest BCUT2D eigenvalue weighted by Crippen LogP contribution is 2.41. The summed E-state index contributed by atoms with van der Waals surface area (Å²) in [4.78, 5) is 39.3. The number of esters is 1. The zero-order chi connectivity index (χ0) is 21.9. The van der Waals surface area contributed by atoms with E-state index in [4.69, 9.17) is 4.74 Å². The second-order valence-corrected chi connectivity index (χ2v) is 10.1. The van der Waals surface area contributed by atoms with Crippen LogP contribution in [0.5, 0.6) is 0 Å². The molecule has 1 aromatic carbocycles. The lowest BCUT2D eigenvalue weighted by Gasteiger charge is -2.49. The first kappa shape index (κ1) is 22.5. The van der Waals surface area contributed by atoms with Crippen molar-refractivity contribution in [3.05, 3.63) is 59.8 Å². The van der Waals surface area contributed by atoms with Crippen LogP contribution in [0.15, 0.2) is 54.3 Å². The molecular weight excluding hydrogens is 420 g/mol. The largest absolute Gasteiger partial charge is 0.455 e. The van der Waals surface area contributed by atoms with E-state index in [9.17, 15) is 14.4 Å². The highest BCUT2D eigenvalue weighted by atomic mass is 32.2. The van der Waals surface area contributed by atoms with Gasteiger partial charge in [-0.2, -0.15) is 0 Å². The van der Waals surface area contributed by atoms with Gasteiger partial charge in [0.15, 0.2) is 0 Å². The first-order valence-corrected chi connectivity index (χ1v) is 11.9. The normalized spacial score (nSPS) is 20.9. The monoisotopic (exact) mass is 446 g/mol. The number of hydrogen-bond acceptors (Lipinski definition) is 6. The molecule has 2 aliphatic heterocycles. The highest BCUT2D eigenvalue weighted by Gasteiger charge is 2.54. The van der Waals surface area contributed by atoms with Crippen LogP contribution in [0.3, 0.4) is 0 Å². The van der Waals surface area contributed by atoms with E-state index in [-0.39, 0.29) is 28.6 Å². The van der Waals surface area contributed by atoms with Gasteiger partial charge in [-0.05, 0) is 31.9 Å². The summed E-state index contributed by atoms with van der Waals surface area (Å²) in [5.74, 6) is 0.496. The molecule has 3 rings (SSSR count). The molecule has 0 unspecified atom stereocenters. The summed E-state index contributed by atoms with van der Waals surface area (Å²) >= 11 is 3.00. The molecule has 0 spiro atoms. The van der Waals surface area contributed by atoms with Crippen LogP contribution in [0.1, 0.15) is 26.3 Å². The van der Waals surface area contributed by atoms with E-state index >= 15 is 0 Å². The summed E-state index contributed by atoms with van der Waals surface area (Å²) < 4.78 is 5.48. The van der Waals surface area contributed by atoms with Crippen molar-refractivity contribution in [1.29, 1.82) is 0 Å². The number of nitrogens with one attached hydrogen (secondary N) is 1. The quantitative estimate of drug-likeness (QED) is 0.512. The Labute approximate surface area is 185 Å². The molecule has 0 bridgehead atoms. The van der Waals surface area contributed by atoms with Crippen LogP contribution in [-0.2, 0) is 24.9 Å². The van der Waals surface area contributed by atoms with E-state index in [1.54, 1.807) is 26.8 Å². The van der Waals surface area contributed by atoms with Crippen LogP contribution in [-0.4, -0.2) is 51.2 Å². The highest BCUT2D eigenvalue weighted by molar-refractivity contribution is 8.00. The lowest BCUT2D eigenvalue weighted by molar-refractivity contribution is -0.158. The van der Waals surface area contributed by atoms with E-state index in [0.717, 1.165) is 11.3 Å². The molecule has 1 N–H and O–H groups in total. The number of carbonyl (C=O) groups excluding carboxylic acids is 3. The lowest BCUT2D eigenvalue weighted by atomic mass is 10.0. The molecule has 8 heteroatoms. The van der Waals surface area contributed by atoms with Gasteiger partial charge in [-0.25, -0.2) is 4.79 Å². The van der Waals surface area contributed by atoms with Gasteiger partial charge in [0.1, 0.15) is 22.7 Å². The molecule has 2 atom stereocenters. The SMILES string of the molecule is C=CC1=C(C(=O)OC(C)(C)C)N2C(=O)[C@@H](NC(=O)CSCc3ccccc3)[C@@H]2SC1. The maximum absolute atomic E-state index is 12.8. The van der Waals surface area contributed by atoms with Crippen molar-refractivity contribution in [2.24, 2.45) is 0 Å². The van der Waals surface area contributed by atoms with E-state index in [1.807, 2.05) is 30.3 Å². The van der Waals surface area contributed by atoms with Crippen molar-refractivity contribution < 1.29 is 19.1 Å². The Morgan fingerprint density at radius 2 is 2.03 bits per heavy atom. The topological polar surface area (TPSA) is 75.7 Å². The molecule has 1 saturated heterocycles. The van der Waals surface area contributed by atoms with E-state index < -0.39 is 17.6 Å². The third kappa shape index (κ3) is 5.10. The summed E-state index contributed by atoms with van der Waals surface area (Å²) in [7, 11) is 0. The lowest BCUT2D eigenvalue weighted by Crippen LogP contribution is -2.70. The van der Waals surface area contributed by atoms with Gasteiger partial charge in [0.25, 0.3) is 5.91 Å². The van der Waals surface area contributed by atoms with Gasteiger partial charge in [-0.3, -0.25) is 14.5 Å². The molecular formula is C22H26N2O4S2. The first-order valence-electron chi connectivity index (χ1n) is 9.66. The van der Waals surface area contributed by atoms with Crippen LogP contribution in [0.2, 0.25) is 0 Å². The van der Waals surface area contributed by atoms with Gasteiger partial charge in [0, 0.05) is 11.5 Å². The molecule has 0 aliphatic carbocycles. The Morgan fingerprint density at radius 3 is 2.67 bits per heavy atom. The van der Waals surface area contributed by atoms with Gasteiger partial charge in [0.05, 0.1) is 5.75 Å². The number of fused-ring (bicyclic) bond motifs is 1. The fraction of sp³-hybridized carbons (Fsp3) is 0.409. The molecule has 30 heavy (non-hydrogen) atoms. The maximum Gasteiger partial charge on any atom is 0.355 e. The van der Waals surface area contributed by atoms with Crippen LogP contribution in [0, 0.1) is 0 Å². The van der Waals surface area contributed by atoms with Gasteiger partial charge in [-0.1, -0.05) is 43.0 Å². The van der Waals surface area contributed by atoms with Crippen LogP contribution in [0.25, 0.3) is 0 Å². The molecule has 1 fully saturated rings. The van der Waals surface area contributed by atoms with Crippen molar-refractivity contribution in [2.45, 2.75) is 43.5 Å². The average Bonchev–Trinajstić information content (AvgIpc) is 2.70. The average molecular weight is 447 g/mol. The Hall–Kier alpha value is -2.19. The predicted octanol–water partition coefficient (Wildman–Crippen LogP) is 3.10. The third-order valence-electron chi connectivity index (χ3n) is 4.50. The fourth-order valence-electron chi connectivity index (χ4n) is 3.17. The van der Waals surface area contributed by atoms with Gasteiger partial charge in [-0.15, -0.1) is 23.5 Å². The number of ether oxygens (including phenoxy) is 1. The van der Waals surface area contributed by atoms with E-state index in [1.165, 1.54) is 28.4 Å². The Bertz CT molecular complexity index is 877. The number of carbonyl (C=O) groups is 3. The molecule has 160 valence electrons. The number of benzene rings is 1. The Kier molecular flexibility index (Phi) is 6.98. The second-order valence-electron chi connectivity index (χ2n) is 8.01. The van der Waals surface area contributed by atoms with Crippen LogP contribution in [0.4, 0.5) is 0 Å². The smallest absolute Gasteiger partial charge is 0.355 e. The zero-order valence-corrected chi connectivity index (χ0v) is 19.0. The summed E-state index contributed by atoms with van der Waals surface area (Å²) in [6.45, 7) is 9.10. The zero-order valence-electron chi connectivity index (χ0n) is 17.3.